The van der Waals surface area contributed by atoms with Crippen molar-refractivity contribution in [2.24, 2.45) is 0 Å². The smallest absolute Gasteiger partial charge is 0.317 e. The zero-order valence-corrected chi connectivity index (χ0v) is 13.4. The summed E-state index contributed by atoms with van der Waals surface area (Å²) in [5.41, 5.74) is 0.400. The van der Waals surface area contributed by atoms with E-state index in [4.69, 9.17) is 0 Å². The number of H-pyrrole nitrogens is 1. The average Bonchev–Trinajstić information content (AvgIpc) is 3.14. The molecule has 0 atom stereocenters. The minimum atomic E-state index is -0.242. The van der Waals surface area contributed by atoms with E-state index in [0.29, 0.717) is 25.3 Å². The first-order valence-corrected chi connectivity index (χ1v) is 7.70. The maximum Gasteiger partial charge on any atom is 0.317 e. The van der Waals surface area contributed by atoms with Crippen molar-refractivity contribution in [1.82, 2.24) is 25.7 Å². The topological polar surface area (TPSA) is 90.1 Å². The zero-order valence-electron chi connectivity index (χ0n) is 12.5. The lowest BCUT2D eigenvalue weighted by Crippen LogP contribution is -2.40. The highest BCUT2D eigenvalue weighted by Gasteiger charge is 2.10. The van der Waals surface area contributed by atoms with E-state index in [1.165, 1.54) is 11.1 Å². The molecule has 0 unspecified atom stereocenters. The molecule has 3 amide bonds. The second kappa shape index (κ2) is 7.60. The van der Waals surface area contributed by atoms with Crippen molar-refractivity contribution in [3.63, 3.8) is 0 Å². The molecule has 2 heterocycles. The summed E-state index contributed by atoms with van der Waals surface area (Å²) in [5, 5.41) is 11.7. The summed E-state index contributed by atoms with van der Waals surface area (Å²) < 4.78 is 0. The summed E-state index contributed by atoms with van der Waals surface area (Å²) in [6.45, 7) is 3.34. The van der Waals surface area contributed by atoms with E-state index in [2.05, 4.69) is 20.8 Å². The molecule has 0 aromatic carbocycles. The third kappa shape index (κ3) is 4.59. The number of nitrogens with zero attached hydrogens (tertiary/aromatic N) is 2. The van der Waals surface area contributed by atoms with Gasteiger partial charge in [0.05, 0.1) is 6.54 Å². The van der Waals surface area contributed by atoms with E-state index in [-0.39, 0.29) is 11.9 Å². The number of amides is 3. The Bertz CT molecular complexity index is 623. The van der Waals surface area contributed by atoms with Gasteiger partial charge in [-0.25, -0.2) is 4.79 Å². The van der Waals surface area contributed by atoms with Gasteiger partial charge in [-0.2, -0.15) is 5.10 Å². The van der Waals surface area contributed by atoms with Crippen molar-refractivity contribution in [2.75, 3.05) is 20.1 Å². The van der Waals surface area contributed by atoms with Crippen LogP contribution in [0.1, 0.15) is 20.2 Å². The third-order valence-electron chi connectivity index (χ3n) is 2.97. The minimum absolute atomic E-state index is 0.165. The summed E-state index contributed by atoms with van der Waals surface area (Å²) in [7, 11) is 1.74. The van der Waals surface area contributed by atoms with Crippen molar-refractivity contribution in [2.45, 2.75) is 13.5 Å². The molecule has 8 heteroatoms. The number of nitrogens with one attached hydrogen (secondary N) is 3. The maximum absolute atomic E-state index is 11.9. The van der Waals surface area contributed by atoms with Crippen LogP contribution in [0.4, 0.5) is 4.79 Å². The SMILES string of the molecule is Cc1ccc(CN(C)C(=O)NCCNC(=O)c2ccn[nH]2)s1. The number of aromatic nitrogens is 2. The molecule has 0 aliphatic heterocycles. The van der Waals surface area contributed by atoms with E-state index in [1.54, 1.807) is 29.4 Å². The van der Waals surface area contributed by atoms with Crippen molar-refractivity contribution >= 4 is 23.3 Å². The van der Waals surface area contributed by atoms with Crippen LogP contribution in [0.3, 0.4) is 0 Å². The Morgan fingerprint density at radius 2 is 2.05 bits per heavy atom. The molecule has 0 spiro atoms. The zero-order chi connectivity index (χ0) is 15.9. The van der Waals surface area contributed by atoms with Gasteiger partial charge in [-0.15, -0.1) is 11.3 Å². The summed E-state index contributed by atoms with van der Waals surface area (Å²) in [4.78, 5) is 27.5. The highest BCUT2D eigenvalue weighted by Crippen LogP contribution is 2.16. The van der Waals surface area contributed by atoms with Crippen LogP contribution in [0.2, 0.25) is 0 Å². The van der Waals surface area contributed by atoms with Crippen molar-refractivity contribution in [1.29, 1.82) is 0 Å². The number of thiophene rings is 1. The Labute approximate surface area is 132 Å². The fraction of sp³-hybridized carbons (Fsp3) is 0.357. The van der Waals surface area contributed by atoms with E-state index in [1.807, 2.05) is 19.1 Å². The van der Waals surface area contributed by atoms with Gasteiger partial charge in [0.1, 0.15) is 5.69 Å². The molecule has 2 aromatic rings. The monoisotopic (exact) mass is 321 g/mol. The Kier molecular flexibility index (Phi) is 5.54. The molecule has 2 aromatic heterocycles. The average molecular weight is 321 g/mol. The molecule has 0 bridgehead atoms. The van der Waals surface area contributed by atoms with Gasteiger partial charge in [-0.3, -0.25) is 9.89 Å². The lowest BCUT2D eigenvalue weighted by Gasteiger charge is -2.17. The predicted molar refractivity (Wildman–Crippen MR) is 84.8 cm³/mol. The molecule has 0 radical (unpaired) electrons. The van der Waals surface area contributed by atoms with Crippen molar-refractivity contribution in [3.8, 4) is 0 Å². The van der Waals surface area contributed by atoms with Crippen LogP contribution in [0.15, 0.2) is 24.4 Å². The molecule has 0 saturated carbocycles. The standard InChI is InChI=1S/C14H19N5O2S/c1-10-3-4-11(22-10)9-19(2)14(21)16-8-7-15-13(20)12-5-6-17-18-12/h3-6H,7-9H2,1-2H3,(H,15,20)(H,16,21)(H,17,18). The summed E-state index contributed by atoms with van der Waals surface area (Å²) in [5.74, 6) is -0.242. The second-order valence-corrected chi connectivity index (χ2v) is 6.20. The Morgan fingerprint density at radius 1 is 1.27 bits per heavy atom. The van der Waals surface area contributed by atoms with Crippen LogP contribution in [-0.2, 0) is 6.54 Å². The number of hydrogen-bond acceptors (Lipinski definition) is 4. The fourth-order valence-corrected chi connectivity index (χ4v) is 2.78. The van der Waals surface area contributed by atoms with Gasteiger partial charge < -0.3 is 15.5 Å². The second-order valence-electron chi connectivity index (χ2n) is 4.83. The normalized spacial score (nSPS) is 10.3. The van der Waals surface area contributed by atoms with E-state index < -0.39 is 0 Å². The summed E-state index contributed by atoms with van der Waals surface area (Å²) in [6, 6.07) is 5.48. The number of carbonyl (C=O) groups is 2. The molecule has 0 aliphatic rings. The molecule has 3 N–H and O–H groups in total. The minimum Gasteiger partial charge on any atom is -0.349 e. The predicted octanol–water partition coefficient (Wildman–Crippen LogP) is 1.35. The summed E-state index contributed by atoms with van der Waals surface area (Å²) >= 11 is 1.68. The van der Waals surface area contributed by atoms with Gasteiger partial charge in [-0.1, -0.05) is 0 Å². The molecule has 0 saturated heterocycles. The Hall–Kier alpha value is -2.35. The number of rotatable bonds is 6. The first-order valence-electron chi connectivity index (χ1n) is 6.88. The van der Waals surface area contributed by atoms with E-state index in [0.717, 1.165) is 4.88 Å². The lowest BCUT2D eigenvalue weighted by atomic mass is 10.4. The van der Waals surface area contributed by atoms with Gasteiger partial charge in [0.25, 0.3) is 5.91 Å². The van der Waals surface area contributed by atoms with Crippen LogP contribution >= 0.6 is 11.3 Å². The van der Waals surface area contributed by atoms with Gasteiger partial charge in [0.2, 0.25) is 0 Å². The highest BCUT2D eigenvalue weighted by atomic mass is 32.1. The quantitative estimate of drug-likeness (QED) is 0.702. The molecule has 118 valence electrons. The van der Waals surface area contributed by atoms with Gasteiger partial charge in [0.15, 0.2) is 0 Å². The van der Waals surface area contributed by atoms with Crippen molar-refractivity contribution < 1.29 is 9.59 Å². The molecule has 0 fully saturated rings. The summed E-state index contributed by atoms with van der Waals surface area (Å²) in [6.07, 6.45) is 1.51. The first kappa shape index (κ1) is 16.0. The highest BCUT2D eigenvalue weighted by molar-refractivity contribution is 7.11. The van der Waals surface area contributed by atoms with E-state index >= 15 is 0 Å². The molecular weight excluding hydrogens is 302 g/mol. The third-order valence-corrected chi connectivity index (χ3v) is 3.95. The number of aryl methyl sites for hydroxylation is 1. The number of carbonyl (C=O) groups excluding carboxylic acids is 2. The van der Waals surface area contributed by atoms with Crippen LogP contribution < -0.4 is 10.6 Å². The first-order chi connectivity index (χ1) is 10.6. The van der Waals surface area contributed by atoms with Gasteiger partial charge in [0, 0.05) is 36.1 Å². The van der Waals surface area contributed by atoms with Crippen LogP contribution in [-0.4, -0.2) is 47.2 Å². The number of aromatic amines is 1. The van der Waals surface area contributed by atoms with Gasteiger partial charge >= 0.3 is 6.03 Å². The molecule has 2 rings (SSSR count). The van der Waals surface area contributed by atoms with Crippen molar-refractivity contribution in [3.05, 3.63) is 39.8 Å². The largest absolute Gasteiger partial charge is 0.349 e. The maximum atomic E-state index is 11.9. The van der Waals surface area contributed by atoms with Crippen LogP contribution in [0.5, 0.6) is 0 Å². The Morgan fingerprint density at radius 3 is 2.68 bits per heavy atom. The number of hydrogen-bond donors (Lipinski definition) is 3. The molecule has 0 aliphatic carbocycles. The van der Waals surface area contributed by atoms with Crippen LogP contribution in [0.25, 0.3) is 0 Å². The number of urea groups is 1. The molecule has 7 nitrogen and oxygen atoms in total. The van der Waals surface area contributed by atoms with E-state index in [9.17, 15) is 9.59 Å². The lowest BCUT2D eigenvalue weighted by molar-refractivity contribution is 0.0948. The fourth-order valence-electron chi connectivity index (χ4n) is 1.83. The molecule has 22 heavy (non-hydrogen) atoms. The Balaban J connectivity index is 1.65. The van der Waals surface area contributed by atoms with Gasteiger partial charge in [-0.05, 0) is 25.1 Å². The molecular formula is C14H19N5O2S. The van der Waals surface area contributed by atoms with Crippen LogP contribution in [0, 0.1) is 6.92 Å².